The number of hydrogen-bond acceptors (Lipinski definition) is 14. The number of nitrogens with one attached hydrogen (secondary N) is 1. The number of carbonyl (C=O) groups excluding carboxylic acids is 3. The molecule has 0 saturated carbocycles. The first-order chi connectivity index (χ1) is 28.4. The van der Waals surface area contributed by atoms with Crippen molar-refractivity contribution < 1.29 is 43.2 Å². The highest BCUT2D eigenvalue weighted by Gasteiger charge is 2.59. The van der Waals surface area contributed by atoms with E-state index >= 15 is 0 Å². The van der Waals surface area contributed by atoms with Crippen molar-refractivity contribution in [3.05, 3.63) is 43.1 Å². The van der Waals surface area contributed by atoms with E-state index < -0.39 is 77.6 Å². The number of anilines is 1. The number of Topliss-reactive ketones (excluding diaryl/α,β-unsaturated/α-hetero) is 1. The fourth-order valence-electron chi connectivity index (χ4n) is 9.40. The van der Waals surface area contributed by atoms with Crippen molar-refractivity contribution in [2.75, 3.05) is 40.0 Å². The molecule has 334 valence electrons. The summed E-state index contributed by atoms with van der Waals surface area (Å²) in [4.78, 5) is 46.0. The van der Waals surface area contributed by atoms with Crippen molar-refractivity contribution in [1.82, 2.24) is 30.1 Å². The van der Waals surface area contributed by atoms with Crippen LogP contribution in [-0.2, 0) is 39.8 Å². The SMILES string of the molecule is C=C[C@H]1NC[C@H](C)C[C@@](C)(OC)[C@H](O[C@@H]2O[C@H](C)CC(N(C)C)C2O)[C@@H](C)C(=O)[C@@H](C)C(=O)O[C@H](CC)[C@@]2(C)OC(=O)N(CCCCn3cc(-c4cccc(N)c4)nn3)[C@H]12. The van der Waals surface area contributed by atoms with E-state index in [1.54, 1.807) is 36.6 Å². The summed E-state index contributed by atoms with van der Waals surface area (Å²) in [5.41, 5.74) is 5.83. The minimum Gasteiger partial charge on any atom is -0.458 e. The van der Waals surface area contributed by atoms with E-state index in [-0.39, 0.29) is 18.1 Å². The third kappa shape index (κ3) is 10.2. The predicted octanol–water partition coefficient (Wildman–Crippen LogP) is 4.45. The molecule has 3 aliphatic rings. The van der Waals surface area contributed by atoms with Gasteiger partial charge >= 0.3 is 12.1 Å². The lowest BCUT2D eigenvalue weighted by atomic mass is 9.78. The third-order valence-corrected chi connectivity index (χ3v) is 12.8. The van der Waals surface area contributed by atoms with Gasteiger partial charge in [-0.15, -0.1) is 11.7 Å². The second-order valence-corrected chi connectivity index (χ2v) is 17.8. The number of unbranched alkanes of at least 4 members (excludes halogenated alkanes) is 1. The molecule has 4 N–H and O–H groups in total. The highest BCUT2D eigenvalue weighted by atomic mass is 16.7. The number of ether oxygens (including phenoxy) is 5. The van der Waals surface area contributed by atoms with Crippen molar-refractivity contribution >= 4 is 23.5 Å². The summed E-state index contributed by atoms with van der Waals surface area (Å²) < 4.78 is 33.3. The summed E-state index contributed by atoms with van der Waals surface area (Å²) in [6.07, 6.45) is 1.69. The number of aliphatic hydroxyl groups excluding tert-OH is 1. The molecule has 3 aliphatic heterocycles. The van der Waals surface area contributed by atoms with Gasteiger partial charge in [-0.05, 0) is 98.5 Å². The second-order valence-electron chi connectivity index (χ2n) is 17.8. The Morgan fingerprint density at radius 2 is 1.85 bits per heavy atom. The number of methoxy groups -OCH3 is 1. The van der Waals surface area contributed by atoms with Gasteiger partial charge in [0.15, 0.2) is 17.7 Å². The average Bonchev–Trinajstić information content (AvgIpc) is 3.79. The molecule has 0 bridgehead atoms. The summed E-state index contributed by atoms with van der Waals surface area (Å²) in [6.45, 7) is 18.4. The van der Waals surface area contributed by atoms with Crippen molar-refractivity contribution in [3.8, 4) is 11.3 Å². The second kappa shape index (κ2) is 19.8. The Hall–Kier alpha value is -3.93. The standard InChI is InChI=1S/C44H69N7O9/c1-12-32-38-44(8,60-42(55)51(38)20-15-14-19-50-25-33(47-48-50)30-17-16-18-31(45)22-30)35(13-2)58-40(54)29(6)36(52)28(5)39(43(7,56-11)23-26(3)24-46-32)59-41-37(53)34(49(9)10)21-27(4)57-41/h12,16-18,22,25-29,32,34-35,37-39,41,46,53H,1,13-15,19-21,23-24,45H2,2-11H3/t26-,27-,28+,29-,32-,34?,35-,37?,38-,39-,41+,43-,44-/m1/s1. The molecule has 0 radical (unpaired) electrons. The third-order valence-electron chi connectivity index (χ3n) is 12.8. The number of aryl methyl sites for hydroxylation is 1. The monoisotopic (exact) mass is 840 g/mol. The van der Waals surface area contributed by atoms with Crippen LogP contribution in [0.15, 0.2) is 43.1 Å². The van der Waals surface area contributed by atoms with Crippen LogP contribution < -0.4 is 11.1 Å². The number of nitrogens with zero attached hydrogens (tertiary/aromatic N) is 5. The Labute approximate surface area is 355 Å². The van der Waals surface area contributed by atoms with Crippen molar-refractivity contribution in [2.24, 2.45) is 17.8 Å². The summed E-state index contributed by atoms with van der Waals surface area (Å²) in [6, 6.07) is 6.14. The molecule has 16 nitrogen and oxygen atoms in total. The Kier molecular flexibility index (Phi) is 15.6. The van der Waals surface area contributed by atoms with E-state index in [4.69, 9.17) is 29.4 Å². The largest absolute Gasteiger partial charge is 0.458 e. The highest BCUT2D eigenvalue weighted by molar-refractivity contribution is 6.00. The molecule has 2 unspecified atom stereocenters. The normalized spacial score (nSPS) is 36.0. The summed E-state index contributed by atoms with van der Waals surface area (Å²) in [7, 11) is 5.37. The molecule has 1 aromatic carbocycles. The van der Waals surface area contributed by atoms with Crippen molar-refractivity contribution in [1.29, 1.82) is 0 Å². The van der Waals surface area contributed by atoms with E-state index in [1.165, 1.54) is 6.92 Å². The number of nitrogen functional groups attached to an aromatic ring is 1. The van der Waals surface area contributed by atoms with Crippen LogP contribution in [-0.4, -0.2) is 142 Å². The quantitative estimate of drug-likeness (QED) is 0.0893. The fraction of sp³-hybridized carbons (Fsp3) is 0.705. The van der Waals surface area contributed by atoms with Crippen molar-refractivity contribution in [3.63, 3.8) is 0 Å². The Balaban J connectivity index is 1.40. The number of esters is 1. The highest BCUT2D eigenvalue weighted by Crippen LogP contribution is 2.40. The first kappa shape index (κ1) is 47.1. The molecule has 16 heteroatoms. The Bertz CT molecular complexity index is 1790. The number of ketones is 1. The van der Waals surface area contributed by atoms with Gasteiger partial charge in [-0.25, -0.2) is 4.79 Å². The molecule has 3 saturated heterocycles. The van der Waals surface area contributed by atoms with Gasteiger partial charge in [0.05, 0.1) is 30.0 Å². The number of carbonyl (C=O) groups is 3. The maximum absolute atomic E-state index is 14.4. The zero-order valence-corrected chi connectivity index (χ0v) is 37.2. The number of amides is 1. The molecular formula is C44H69N7O9. The number of hydrogen-bond donors (Lipinski definition) is 3. The van der Waals surface area contributed by atoms with Gasteiger partial charge in [-0.3, -0.25) is 19.2 Å². The molecule has 5 rings (SSSR count). The first-order valence-electron chi connectivity index (χ1n) is 21.4. The van der Waals surface area contributed by atoms with E-state index in [0.29, 0.717) is 57.4 Å². The smallest absolute Gasteiger partial charge is 0.410 e. The molecule has 1 aromatic heterocycles. The lowest BCUT2D eigenvalue weighted by molar-refractivity contribution is -0.295. The Morgan fingerprint density at radius 1 is 1.13 bits per heavy atom. The van der Waals surface area contributed by atoms with E-state index in [0.717, 1.165) is 11.3 Å². The van der Waals surface area contributed by atoms with Crippen LogP contribution in [0.25, 0.3) is 11.3 Å². The molecule has 4 heterocycles. The zero-order chi connectivity index (χ0) is 44.1. The minimum atomic E-state index is -1.30. The van der Waals surface area contributed by atoms with E-state index in [1.807, 2.05) is 70.2 Å². The first-order valence-corrected chi connectivity index (χ1v) is 21.4. The Morgan fingerprint density at radius 3 is 2.50 bits per heavy atom. The number of fused-ring (bicyclic) bond motifs is 1. The summed E-state index contributed by atoms with van der Waals surface area (Å²) in [5.74, 6) is -3.28. The lowest BCUT2D eigenvalue weighted by Crippen LogP contribution is -2.61. The van der Waals surface area contributed by atoms with Crippen molar-refractivity contribution in [2.45, 2.75) is 147 Å². The number of nitrogens with two attached hydrogens (primary N) is 1. The van der Waals surface area contributed by atoms with Crippen LogP contribution in [0.1, 0.15) is 80.6 Å². The number of rotatable bonds is 12. The van der Waals surface area contributed by atoms with Crippen LogP contribution in [0, 0.1) is 17.8 Å². The van der Waals surface area contributed by atoms with E-state index in [2.05, 4.69) is 29.1 Å². The summed E-state index contributed by atoms with van der Waals surface area (Å²) in [5, 5.41) is 23.7. The molecular weight excluding hydrogens is 771 g/mol. The molecule has 13 atom stereocenters. The fourth-order valence-corrected chi connectivity index (χ4v) is 9.40. The van der Waals surface area contributed by atoms with Gasteiger partial charge in [-0.1, -0.05) is 44.2 Å². The molecule has 3 fully saturated rings. The molecule has 2 aromatic rings. The number of benzene rings is 1. The van der Waals surface area contributed by atoms with Gasteiger partial charge in [0.2, 0.25) is 0 Å². The van der Waals surface area contributed by atoms with Crippen LogP contribution in [0.4, 0.5) is 10.5 Å². The average molecular weight is 840 g/mol. The molecule has 0 aliphatic carbocycles. The maximum Gasteiger partial charge on any atom is 0.410 e. The maximum atomic E-state index is 14.4. The van der Waals surface area contributed by atoms with Crippen LogP contribution in [0.2, 0.25) is 0 Å². The van der Waals surface area contributed by atoms with Crippen LogP contribution >= 0.6 is 0 Å². The van der Waals surface area contributed by atoms with Gasteiger partial charge in [-0.2, -0.15) is 0 Å². The van der Waals surface area contributed by atoms with Gasteiger partial charge in [0.1, 0.15) is 23.8 Å². The number of likely N-dealkylation sites (N-methyl/N-ethyl adjacent to an activating group) is 1. The molecule has 60 heavy (non-hydrogen) atoms. The molecule has 0 spiro atoms. The number of cyclic esters (lactones) is 1. The predicted molar refractivity (Wildman–Crippen MR) is 226 cm³/mol. The number of aromatic nitrogens is 3. The number of aliphatic hydroxyl groups is 1. The van der Waals surface area contributed by atoms with Gasteiger partial charge in [0.25, 0.3) is 0 Å². The zero-order valence-electron chi connectivity index (χ0n) is 37.2. The van der Waals surface area contributed by atoms with Crippen LogP contribution in [0.3, 0.4) is 0 Å². The van der Waals surface area contributed by atoms with E-state index in [9.17, 15) is 19.5 Å². The molecule has 1 amide bonds. The topological polar surface area (TPSA) is 193 Å². The van der Waals surface area contributed by atoms with Crippen LogP contribution in [0.5, 0.6) is 0 Å². The van der Waals surface area contributed by atoms with Gasteiger partial charge in [0, 0.05) is 49.5 Å². The summed E-state index contributed by atoms with van der Waals surface area (Å²) >= 11 is 0. The van der Waals surface area contributed by atoms with Gasteiger partial charge < -0.3 is 44.7 Å². The lowest BCUT2D eigenvalue weighted by Gasteiger charge is -2.46. The minimum absolute atomic E-state index is 0.0588.